The standard InChI is InChI=1S/C13H13NO3/c1-2-5-14-8-9-3-4-11-10(6-9)7-12(17-11)13(15)16/h2-4,6-7,14H,1,5,8H2,(H,15,16). The Morgan fingerprint density at radius 3 is 3.00 bits per heavy atom. The monoisotopic (exact) mass is 231 g/mol. The molecule has 0 radical (unpaired) electrons. The van der Waals surface area contributed by atoms with Crippen molar-refractivity contribution < 1.29 is 14.3 Å². The van der Waals surface area contributed by atoms with E-state index in [2.05, 4.69) is 11.9 Å². The van der Waals surface area contributed by atoms with Crippen molar-refractivity contribution in [2.45, 2.75) is 6.54 Å². The molecular formula is C13H13NO3. The Morgan fingerprint density at radius 2 is 2.29 bits per heavy atom. The normalized spacial score (nSPS) is 10.6. The van der Waals surface area contributed by atoms with Crippen LogP contribution in [0.15, 0.2) is 41.3 Å². The quantitative estimate of drug-likeness (QED) is 0.612. The van der Waals surface area contributed by atoms with Crippen LogP contribution in [0.2, 0.25) is 0 Å². The molecule has 0 saturated carbocycles. The molecule has 0 aliphatic rings. The van der Waals surface area contributed by atoms with E-state index in [-0.39, 0.29) is 5.76 Å². The van der Waals surface area contributed by atoms with E-state index in [0.717, 1.165) is 24.0 Å². The summed E-state index contributed by atoms with van der Waals surface area (Å²) in [5.41, 5.74) is 1.67. The molecule has 1 aromatic carbocycles. The second-order valence-corrected chi connectivity index (χ2v) is 3.71. The van der Waals surface area contributed by atoms with E-state index >= 15 is 0 Å². The SMILES string of the molecule is C=CCNCc1ccc2oc(C(=O)O)cc2c1. The van der Waals surface area contributed by atoms with Crippen molar-refractivity contribution in [3.63, 3.8) is 0 Å². The molecule has 1 heterocycles. The van der Waals surface area contributed by atoms with E-state index in [1.54, 1.807) is 12.1 Å². The Labute approximate surface area is 98.5 Å². The van der Waals surface area contributed by atoms with Crippen LogP contribution in [0.1, 0.15) is 16.1 Å². The first kappa shape index (κ1) is 11.4. The van der Waals surface area contributed by atoms with Crippen LogP contribution in [0.5, 0.6) is 0 Å². The molecule has 2 rings (SSSR count). The first-order chi connectivity index (χ1) is 8.20. The van der Waals surface area contributed by atoms with E-state index in [0.29, 0.717) is 5.58 Å². The molecule has 17 heavy (non-hydrogen) atoms. The topological polar surface area (TPSA) is 62.5 Å². The number of hydrogen-bond donors (Lipinski definition) is 2. The van der Waals surface area contributed by atoms with E-state index < -0.39 is 5.97 Å². The van der Waals surface area contributed by atoms with Crippen molar-refractivity contribution in [3.05, 3.63) is 48.2 Å². The predicted molar refractivity (Wildman–Crippen MR) is 65.1 cm³/mol. The lowest BCUT2D eigenvalue weighted by Gasteiger charge is -2.01. The van der Waals surface area contributed by atoms with Gasteiger partial charge in [-0.15, -0.1) is 6.58 Å². The molecule has 0 bridgehead atoms. The zero-order valence-corrected chi connectivity index (χ0v) is 9.27. The van der Waals surface area contributed by atoms with Gasteiger partial charge in [-0.05, 0) is 23.8 Å². The largest absolute Gasteiger partial charge is 0.475 e. The molecule has 1 aromatic heterocycles. The summed E-state index contributed by atoms with van der Waals surface area (Å²) in [5.74, 6) is -1.08. The summed E-state index contributed by atoms with van der Waals surface area (Å²) in [6, 6.07) is 7.15. The summed E-state index contributed by atoms with van der Waals surface area (Å²) in [7, 11) is 0. The minimum absolute atomic E-state index is 0.0313. The molecule has 0 amide bonds. The number of carboxylic acids is 1. The molecule has 0 aliphatic heterocycles. The van der Waals surface area contributed by atoms with Crippen LogP contribution < -0.4 is 5.32 Å². The molecule has 0 saturated heterocycles. The van der Waals surface area contributed by atoms with Gasteiger partial charge in [0.1, 0.15) is 5.58 Å². The fourth-order valence-corrected chi connectivity index (χ4v) is 1.63. The Balaban J connectivity index is 2.24. The minimum Gasteiger partial charge on any atom is -0.475 e. The number of carboxylic acid groups (broad SMARTS) is 1. The number of benzene rings is 1. The van der Waals surface area contributed by atoms with E-state index in [1.807, 2.05) is 12.1 Å². The van der Waals surface area contributed by atoms with Crippen LogP contribution in [-0.4, -0.2) is 17.6 Å². The van der Waals surface area contributed by atoms with Crippen LogP contribution in [0.25, 0.3) is 11.0 Å². The molecule has 2 N–H and O–H groups in total. The summed E-state index contributed by atoms with van der Waals surface area (Å²) < 4.78 is 5.17. The highest BCUT2D eigenvalue weighted by Gasteiger charge is 2.10. The average Bonchev–Trinajstić information content (AvgIpc) is 2.72. The number of rotatable bonds is 5. The summed E-state index contributed by atoms with van der Waals surface area (Å²) >= 11 is 0. The molecule has 88 valence electrons. The predicted octanol–water partition coefficient (Wildman–Crippen LogP) is 2.41. The van der Waals surface area contributed by atoms with Gasteiger partial charge in [0.2, 0.25) is 5.76 Å². The van der Waals surface area contributed by atoms with Gasteiger partial charge in [-0.25, -0.2) is 4.79 Å². The summed E-state index contributed by atoms with van der Waals surface area (Å²) in [5, 5.41) is 12.8. The third-order valence-corrected chi connectivity index (χ3v) is 2.41. The van der Waals surface area contributed by atoms with Crippen molar-refractivity contribution in [2.24, 2.45) is 0 Å². The van der Waals surface area contributed by atoms with Crippen molar-refractivity contribution in [2.75, 3.05) is 6.54 Å². The van der Waals surface area contributed by atoms with Crippen LogP contribution in [0.3, 0.4) is 0 Å². The molecule has 0 fully saturated rings. The third kappa shape index (κ3) is 2.54. The van der Waals surface area contributed by atoms with E-state index in [9.17, 15) is 4.79 Å². The summed E-state index contributed by atoms with van der Waals surface area (Å²) in [6.45, 7) is 5.08. The maximum atomic E-state index is 10.7. The first-order valence-corrected chi connectivity index (χ1v) is 5.28. The highest BCUT2D eigenvalue weighted by atomic mass is 16.4. The van der Waals surface area contributed by atoms with E-state index in [4.69, 9.17) is 9.52 Å². The van der Waals surface area contributed by atoms with Gasteiger partial charge in [-0.2, -0.15) is 0 Å². The highest BCUT2D eigenvalue weighted by molar-refractivity contribution is 5.91. The van der Waals surface area contributed by atoms with Gasteiger partial charge in [-0.3, -0.25) is 0 Å². The third-order valence-electron chi connectivity index (χ3n) is 2.41. The number of furan rings is 1. The average molecular weight is 231 g/mol. The molecule has 0 atom stereocenters. The number of carbonyl (C=O) groups is 1. The minimum atomic E-state index is -1.05. The van der Waals surface area contributed by atoms with Gasteiger partial charge in [0.15, 0.2) is 0 Å². The van der Waals surface area contributed by atoms with Crippen LogP contribution in [0.4, 0.5) is 0 Å². The maximum absolute atomic E-state index is 10.7. The van der Waals surface area contributed by atoms with Gasteiger partial charge >= 0.3 is 5.97 Å². The lowest BCUT2D eigenvalue weighted by molar-refractivity contribution is 0.0665. The first-order valence-electron chi connectivity index (χ1n) is 5.28. The molecule has 2 aromatic rings. The second kappa shape index (κ2) is 4.84. The Hall–Kier alpha value is -2.07. The van der Waals surface area contributed by atoms with Gasteiger partial charge in [-0.1, -0.05) is 12.1 Å². The summed E-state index contributed by atoms with van der Waals surface area (Å²) in [6.07, 6.45) is 1.79. The Kier molecular flexibility index (Phi) is 3.25. The fourth-order valence-electron chi connectivity index (χ4n) is 1.63. The van der Waals surface area contributed by atoms with Gasteiger partial charge in [0.05, 0.1) is 0 Å². The van der Waals surface area contributed by atoms with Gasteiger partial charge in [0, 0.05) is 18.5 Å². The van der Waals surface area contributed by atoms with Crippen molar-refractivity contribution in [3.8, 4) is 0 Å². The number of nitrogens with one attached hydrogen (secondary N) is 1. The summed E-state index contributed by atoms with van der Waals surface area (Å²) in [4.78, 5) is 10.7. The number of aromatic carboxylic acids is 1. The molecule has 4 heteroatoms. The van der Waals surface area contributed by atoms with Crippen molar-refractivity contribution >= 4 is 16.9 Å². The zero-order valence-electron chi connectivity index (χ0n) is 9.27. The smallest absolute Gasteiger partial charge is 0.371 e. The second-order valence-electron chi connectivity index (χ2n) is 3.71. The molecule has 0 unspecified atom stereocenters. The lowest BCUT2D eigenvalue weighted by atomic mass is 10.1. The fraction of sp³-hybridized carbons (Fsp3) is 0.154. The molecular weight excluding hydrogens is 218 g/mol. The van der Waals surface area contributed by atoms with Crippen LogP contribution in [-0.2, 0) is 6.54 Å². The molecule has 4 nitrogen and oxygen atoms in total. The van der Waals surface area contributed by atoms with Crippen molar-refractivity contribution in [1.29, 1.82) is 0 Å². The Bertz CT molecular complexity index is 557. The van der Waals surface area contributed by atoms with Gasteiger partial charge in [0.25, 0.3) is 0 Å². The highest BCUT2D eigenvalue weighted by Crippen LogP contribution is 2.20. The van der Waals surface area contributed by atoms with E-state index in [1.165, 1.54) is 6.07 Å². The lowest BCUT2D eigenvalue weighted by Crippen LogP contribution is -2.12. The number of fused-ring (bicyclic) bond motifs is 1. The number of hydrogen-bond acceptors (Lipinski definition) is 3. The zero-order chi connectivity index (χ0) is 12.3. The molecule has 0 spiro atoms. The van der Waals surface area contributed by atoms with Gasteiger partial charge < -0.3 is 14.8 Å². The molecule has 0 aliphatic carbocycles. The van der Waals surface area contributed by atoms with Crippen LogP contribution in [0, 0.1) is 0 Å². The Morgan fingerprint density at radius 1 is 1.47 bits per heavy atom. The van der Waals surface area contributed by atoms with Crippen molar-refractivity contribution in [1.82, 2.24) is 5.32 Å². The van der Waals surface area contributed by atoms with Crippen LogP contribution >= 0.6 is 0 Å². The maximum Gasteiger partial charge on any atom is 0.371 e.